The number of carbonyl (C=O) groups excluding carboxylic acids is 1. The minimum Gasteiger partial charge on any atom is -0.440 e. The average Bonchev–Trinajstić information content (AvgIpc) is 2.60. The molecule has 0 fully saturated rings. The smallest absolute Gasteiger partial charge is 0.270 e. The van der Waals surface area contributed by atoms with Crippen molar-refractivity contribution in [2.45, 2.75) is 6.92 Å². The molecular formula is C11H8ClFN2O2. The number of hydrogen-bond donors (Lipinski definition) is 1. The molecule has 4 nitrogen and oxygen atoms in total. The number of rotatable bonds is 2. The van der Waals surface area contributed by atoms with E-state index in [1.165, 1.54) is 25.1 Å². The lowest BCUT2D eigenvalue weighted by Gasteiger charge is -2.00. The summed E-state index contributed by atoms with van der Waals surface area (Å²) < 4.78 is 18.8. The van der Waals surface area contributed by atoms with E-state index in [1.807, 2.05) is 0 Å². The van der Waals surface area contributed by atoms with Crippen LogP contribution in [0, 0.1) is 12.7 Å². The largest absolute Gasteiger partial charge is 0.440 e. The summed E-state index contributed by atoms with van der Waals surface area (Å²) in [5, 5.41) is 0.155. The minimum absolute atomic E-state index is 0.0183. The normalized spacial score (nSPS) is 10.5. The lowest BCUT2D eigenvalue weighted by Crippen LogP contribution is -2.12. The maximum absolute atomic E-state index is 13.6. The predicted molar refractivity (Wildman–Crippen MR) is 60.2 cm³/mol. The number of benzene rings is 1. The minimum atomic E-state index is -0.732. The number of amides is 1. The number of nitrogens with zero attached hydrogens (tertiary/aromatic N) is 1. The third-order valence-electron chi connectivity index (χ3n) is 2.21. The fourth-order valence-electron chi connectivity index (χ4n) is 1.43. The van der Waals surface area contributed by atoms with Crippen molar-refractivity contribution in [2.24, 2.45) is 5.73 Å². The standard InChI is InChI=1S/C11H8ClFN2O2/c1-5-9(10(14)16)15-11(17-5)8-6(12)3-2-4-7(8)13/h2-4H,1H3,(H2,14,16). The van der Waals surface area contributed by atoms with Crippen LogP contribution in [-0.4, -0.2) is 10.9 Å². The van der Waals surface area contributed by atoms with Gasteiger partial charge in [0.1, 0.15) is 11.6 Å². The molecular weight excluding hydrogens is 247 g/mol. The number of aryl methyl sites for hydroxylation is 1. The van der Waals surface area contributed by atoms with Crippen LogP contribution in [0.4, 0.5) is 4.39 Å². The Morgan fingerprint density at radius 1 is 1.53 bits per heavy atom. The molecule has 88 valence electrons. The van der Waals surface area contributed by atoms with Crippen LogP contribution in [0.25, 0.3) is 11.5 Å². The second-order valence-electron chi connectivity index (χ2n) is 3.38. The summed E-state index contributed by atoms with van der Waals surface area (Å²) in [4.78, 5) is 14.8. The van der Waals surface area contributed by atoms with Crippen molar-refractivity contribution in [1.29, 1.82) is 0 Å². The van der Waals surface area contributed by atoms with E-state index < -0.39 is 11.7 Å². The van der Waals surface area contributed by atoms with Crippen molar-refractivity contribution in [3.8, 4) is 11.5 Å². The molecule has 1 heterocycles. The summed E-state index contributed by atoms with van der Waals surface area (Å²) in [7, 11) is 0. The van der Waals surface area contributed by atoms with Gasteiger partial charge in [0.05, 0.1) is 10.6 Å². The molecule has 2 N–H and O–H groups in total. The molecule has 0 saturated heterocycles. The Bertz CT molecular complexity index is 575. The van der Waals surface area contributed by atoms with E-state index in [9.17, 15) is 9.18 Å². The van der Waals surface area contributed by atoms with Crippen LogP contribution in [0.15, 0.2) is 22.6 Å². The molecule has 0 bridgehead atoms. The maximum atomic E-state index is 13.6. The molecule has 0 aliphatic carbocycles. The molecule has 0 spiro atoms. The van der Waals surface area contributed by atoms with Gasteiger partial charge in [-0.05, 0) is 19.1 Å². The van der Waals surface area contributed by atoms with Crippen LogP contribution in [0.3, 0.4) is 0 Å². The third kappa shape index (κ3) is 2.01. The summed E-state index contributed by atoms with van der Waals surface area (Å²) >= 11 is 5.85. The number of oxazole rings is 1. The Labute approximate surface area is 101 Å². The van der Waals surface area contributed by atoms with E-state index >= 15 is 0 Å². The lowest BCUT2D eigenvalue weighted by atomic mass is 10.2. The highest BCUT2D eigenvalue weighted by Gasteiger charge is 2.19. The highest BCUT2D eigenvalue weighted by Crippen LogP contribution is 2.30. The van der Waals surface area contributed by atoms with Crippen molar-refractivity contribution in [2.75, 3.05) is 0 Å². The highest BCUT2D eigenvalue weighted by atomic mass is 35.5. The van der Waals surface area contributed by atoms with Crippen molar-refractivity contribution in [3.05, 3.63) is 40.5 Å². The maximum Gasteiger partial charge on any atom is 0.270 e. The molecule has 0 atom stereocenters. The van der Waals surface area contributed by atoms with E-state index in [1.54, 1.807) is 0 Å². The first kappa shape index (κ1) is 11.6. The Kier molecular flexibility index (Phi) is 2.85. The topological polar surface area (TPSA) is 69.1 Å². The van der Waals surface area contributed by atoms with Crippen LogP contribution in [0.2, 0.25) is 5.02 Å². The second-order valence-corrected chi connectivity index (χ2v) is 3.79. The SMILES string of the molecule is Cc1oc(-c2c(F)cccc2Cl)nc1C(N)=O. The zero-order valence-corrected chi connectivity index (χ0v) is 9.58. The van der Waals surface area contributed by atoms with Gasteiger partial charge in [-0.1, -0.05) is 17.7 Å². The van der Waals surface area contributed by atoms with E-state index in [0.717, 1.165) is 0 Å². The molecule has 0 aliphatic heterocycles. The molecule has 2 aromatic rings. The van der Waals surface area contributed by atoms with Crippen LogP contribution in [0.1, 0.15) is 16.2 Å². The average molecular weight is 255 g/mol. The van der Waals surface area contributed by atoms with Crippen molar-refractivity contribution in [3.63, 3.8) is 0 Å². The fourth-order valence-corrected chi connectivity index (χ4v) is 1.68. The summed E-state index contributed by atoms with van der Waals surface area (Å²) in [6.07, 6.45) is 0. The van der Waals surface area contributed by atoms with E-state index in [-0.39, 0.29) is 27.9 Å². The van der Waals surface area contributed by atoms with Crippen LogP contribution in [-0.2, 0) is 0 Å². The highest BCUT2D eigenvalue weighted by molar-refractivity contribution is 6.33. The fraction of sp³-hybridized carbons (Fsp3) is 0.0909. The summed E-state index contributed by atoms with van der Waals surface area (Å²) in [5.41, 5.74) is 5.08. The van der Waals surface area contributed by atoms with Crippen molar-refractivity contribution in [1.82, 2.24) is 4.98 Å². The van der Waals surface area contributed by atoms with Gasteiger partial charge in [0.15, 0.2) is 5.69 Å². The molecule has 1 aromatic carbocycles. The third-order valence-corrected chi connectivity index (χ3v) is 2.52. The van der Waals surface area contributed by atoms with Crippen LogP contribution < -0.4 is 5.73 Å². The molecule has 0 aliphatic rings. The number of primary amides is 1. The summed E-state index contributed by atoms with van der Waals surface area (Å²) in [6, 6.07) is 4.19. The molecule has 2 rings (SSSR count). The first-order valence-corrected chi connectivity index (χ1v) is 5.10. The van der Waals surface area contributed by atoms with Gasteiger partial charge in [0.25, 0.3) is 5.91 Å². The van der Waals surface area contributed by atoms with E-state index in [2.05, 4.69) is 4.98 Å². The van der Waals surface area contributed by atoms with Gasteiger partial charge in [-0.15, -0.1) is 0 Å². The van der Waals surface area contributed by atoms with Crippen molar-refractivity contribution < 1.29 is 13.6 Å². The number of nitrogens with two attached hydrogens (primary N) is 1. The zero-order chi connectivity index (χ0) is 12.6. The van der Waals surface area contributed by atoms with Crippen LogP contribution >= 0.6 is 11.6 Å². The summed E-state index contributed by atoms with van der Waals surface area (Å²) in [5.74, 6) is -1.13. The monoisotopic (exact) mass is 254 g/mol. The number of carbonyl (C=O) groups is 1. The second kappa shape index (κ2) is 4.18. The number of halogens is 2. The van der Waals surface area contributed by atoms with Gasteiger partial charge in [-0.3, -0.25) is 4.79 Å². The van der Waals surface area contributed by atoms with Gasteiger partial charge in [0.2, 0.25) is 5.89 Å². The van der Waals surface area contributed by atoms with Crippen molar-refractivity contribution >= 4 is 17.5 Å². The molecule has 1 amide bonds. The Morgan fingerprint density at radius 3 is 2.76 bits per heavy atom. The van der Waals surface area contributed by atoms with Gasteiger partial charge in [-0.25, -0.2) is 9.37 Å². The molecule has 0 radical (unpaired) electrons. The number of hydrogen-bond acceptors (Lipinski definition) is 3. The Hall–Kier alpha value is -1.88. The first-order valence-electron chi connectivity index (χ1n) is 4.72. The molecule has 0 saturated carbocycles. The molecule has 17 heavy (non-hydrogen) atoms. The van der Waals surface area contributed by atoms with E-state index in [4.69, 9.17) is 21.8 Å². The van der Waals surface area contributed by atoms with Crippen LogP contribution in [0.5, 0.6) is 0 Å². The quantitative estimate of drug-likeness (QED) is 0.895. The first-order chi connectivity index (χ1) is 8.00. The van der Waals surface area contributed by atoms with Gasteiger partial charge in [0, 0.05) is 0 Å². The van der Waals surface area contributed by atoms with Gasteiger partial charge >= 0.3 is 0 Å². The zero-order valence-electron chi connectivity index (χ0n) is 8.83. The van der Waals surface area contributed by atoms with E-state index in [0.29, 0.717) is 0 Å². The summed E-state index contributed by atoms with van der Waals surface area (Å²) in [6.45, 7) is 1.52. The number of aromatic nitrogens is 1. The predicted octanol–water partition coefficient (Wildman–Crippen LogP) is 2.54. The molecule has 1 aromatic heterocycles. The Morgan fingerprint density at radius 2 is 2.24 bits per heavy atom. The molecule has 6 heteroatoms. The molecule has 0 unspecified atom stereocenters. The van der Waals surface area contributed by atoms with Gasteiger partial charge in [-0.2, -0.15) is 0 Å². The van der Waals surface area contributed by atoms with Gasteiger partial charge < -0.3 is 10.2 Å². The Balaban J connectivity index is 2.62. The lowest BCUT2D eigenvalue weighted by molar-refractivity contribution is 0.0995.